The number of rotatable bonds is 66. The fourth-order valence-electron chi connectivity index (χ4n) is 9.43. The van der Waals surface area contributed by atoms with Gasteiger partial charge in [-0.2, -0.15) is 0 Å². The fourth-order valence-corrected chi connectivity index (χ4v) is 9.43. The summed E-state index contributed by atoms with van der Waals surface area (Å²) in [5, 5.41) is 11.8. The smallest absolute Gasteiger partial charge is 0.306 e. The lowest BCUT2D eigenvalue weighted by Gasteiger charge is -2.26. The second-order valence-electron chi connectivity index (χ2n) is 25.1. The van der Waals surface area contributed by atoms with Crippen LogP contribution in [0, 0.1) is 0 Å². The number of hydrogen-bond acceptors (Lipinski definition) is 8. The Morgan fingerprint density at radius 3 is 0.842 bits per heavy atom. The van der Waals surface area contributed by atoms with E-state index in [1.165, 1.54) is 44.9 Å². The van der Waals surface area contributed by atoms with Crippen molar-refractivity contribution in [2.45, 2.75) is 270 Å². The zero-order valence-electron chi connectivity index (χ0n) is 60.7. The highest BCUT2D eigenvalue weighted by Gasteiger charge is 2.22. The van der Waals surface area contributed by atoms with Gasteiger partial charge in [0.05, 0.1) is 40.3 Å². The van der Waals surface area contributed by atoms with Crippen LogP contribution in [0.4, 0.5) is 0 Å². The Kier molecular flexibility index (Phi) is 68.9. The first kappa shape index (κ1) is 88.9. The van der Waals surface area contributed by atoms with Gasteiger partial charge < -0.3 is 33.3 Å². The molecule has 2 unspecified atom stereocenters. The standard InChI is InChI=1S/C86H135NO8/c1-6-8-10-12-14-16-18-20-22-24-26-28-30-32-34-36-38-39-40-41-42-43-44-45-47-49-51-53-55-57-59-61-63-65-67-69-71-73-75-77-84(89)95-82(81-94-86(85(90)91)92-79-78-87(3,4)5)80-93-83(88)76-74-72-70-68-66-64-62-60-58-56-54-52-50-48-46-37-35-33-31-29-27-25-23-21-19-17-15-13-11-9-7-2/h8-11,14-17,20-23,26-29,32-35,38-39,41-42,44-46,48-49,51-52,54,58,60,82,86H,6-7,12-13,18-19,24-25,30-31,36-37,40,43,47,50,53,55-57,59,61-81H2,1-5H3/b10-8-,11-9-,16-14-,17-15-,22-20-,23-21-,28-26-,29-27-,34-32-,35-33-,39-38-,42-41-,45-44-,48-46-,51-49-,54-52-,60-58-. The molecule has 95 heavy (non-hydrogen) atoms. The lowest BCUT2D eigenvalue weighted by Crippen LogP contribution is -2.44. The van der Waals surface area contributed by atoms with Gasteiger partial charge in [0.15, 0.2) is 12.4 Å². The summed E-state index contributed by atoms with van der Waals surface area (Å²) in [4.78, 5) is 37.6. The molecule has 0 aromatic carbocycles. The minimum atomic E-state index is -1.64. The number of allylic oxidation sites excluding steroid dienone is 34. The summed E-state index contributed by atoms with van der Waals surface area (Å²) in [6, 6.07) is 0. The van der Waals surface area contributed by atoms with Crippen molar-refractivity contribution >= 4 is 17.9 Å². The summed E-state index contributed by atoms with van der Waals surface area (Å²) in [5.41, 5.74) is 0. The summed E-state index contributed by atoms with van der Waals surface area (Å²) < 4.78 is 22.8. The highest BCUT2D eigenvalue weighted by molar-refractivity contribution is 5.70. The second-order valence-corrected chi connectivity index (χ2v) is 25.1. The molecule has 0 fully saturated rings. The first-order valence-electron chi connectivity index (χ1n) is 37.2. The first-order chi connectivity index (χ1) is 46.6. The Balaban J connectivity index is 4.20. The van der Waals surface area contributed by atoms with Crippen molar-refractivity contribution < 1.29 is 42.9 Å². The van der Waals surface area contributed by atoms with E-state index in [1.807, 2.05) is 21.1 Å². The third-order valence-electron chi connectivity index (χ3n) is 15.0. The molecule has 0 heterocycles. The molecule has 9 heteroatoms. The van der Waals surface area contributed by atoms with Crippen LogP contribution in [0.1, 0.15) is 258 Å². The number of quaternary nitrogens is 1. The van der Waals surface area contributed by atoms with Gasteiger partial charge in [0.1, 0.15) is 13.2 Å². The highest BCUT2D eigenvalue weighted by Crippen LogP contribution is 2.15. The molecule has 0 N–H and O–H groups in total. The van der Waals surface area contributed by atoms with E-state index in [0.29, 0.717) is 23.9 Å². The summed E-state index contributed by atoms with van der Waals surface area (Å²) in [6.45, 7) is 4.48. The van der Waals surface area contributed by atoms with Gasteiger partial charge in [-0.25, -0.2) is 0 Å². The molecule has 0 aliphatic carbocycles. The van der Waals surface area contributed by atoms with Gasteiger partial charge in [0, 0.05) is 12.8 Å². The van der Waals surface area contributed by atoms with Crippen molar-refractivity contribution in [2.75, 3.05) is 47.5 Å². The summed E-state index contributed by atoms with van der Waals surface area (Å²) >= 11 is 0. The molecule has 0 aromatic rings. The van der Waals surface area contributed by atoms with Gasteiger partial charge >= 0.3 is 11.9 Å². The number of aliphatic carboxylic acids is 1. The summed E-state index contributed by atoms with van der Waals surface area (Å²) in [5.74, 6) is -2.33. The van der Waals surface area contributed by atoms with Gasteiger partial charge in [-0.3, -0.25) is 9.59 Å². The largest absolute Gasteiger partial charge is 0.545 e. The molecule has 0 spiro atoms. The molecule has 0 bridgehead atoms. The van der Waals surface area contributed by atoms with E-state index in [4.69, 9.17) is 18.9 Å². The van der Waals surface area contributed by atoms with Crippen molar-refractivity contribution in [3.8, 4) is 0 Å². The van der Waals surface area contributed by atoms with Crippen molar-refractivity contribution in [3.63, 3.8) is 0 Å². The molecular formula is C86H135NO8. The van der Waals surface area contributed by atoms with Crippen LogP contribution in [0.5, 0.6) is 0 Å². The van der Waals surface area contributed by atoms with Gasteiger partial charge in [0.25, 0.3) is 0 Å². The fraction of sp³-hybridized carbons (Fsp3) is 0.570. The average Bonchev–Trinajstić information content (AvgIpc) is 2.92. The van der Waals surface area contributed by atoms with Crippen LogP contribution in [-0.2, 0) is 33.3 Å². The summed E-state index contributed by atoms with van der Waals surface area (Å²) in [7, 11) is 5.91. The Labute approximate surface area is 582 Å². The van der Waals surface area contributed by atoms with E-state index in [1.54, 1.807) is 0 Å². The maximum atomic E-state index is 13.0. The zero-order chi connectivity index (χ0) is 69.0. The van der Waals surface area contributed by atoms with Crippen LogP contribution < -0.4 is 5.11 Å². The van der Waals surface area contributed by atoms with E-state index in [-0.39, 0.29) is 38.6 Å². The number of carbonyl (C=O) groups excluding carboxylic acids is 3. The number of esters is 2. The number of carbonyl (C=O) groups is 3. The van der Waals surface area contributed by atoms with Crippen LogP contribution in [-0.4, -0.2) is 82.3 Å². The molecule has 0 saturated carbocycles. The molecule has 2 atom stereocenters. The van der Waals surface area contributed by atoms with Crippen LogP contribution in [0.15, 0.2) is 207 Å². The number of unbranched alkanes of at least 4 members (excludes halogenated alkanes) is 17. The minimum absolute atomic E-state index is 0.134. The molecule has 0 aliphatic rings. The maximum absolute atomic E-state index is 13.0. The van der Waals surface area contributed by atoms with Gasteiger partial charge in [-0.05, 0) is 148 Å². The van der Waals surface area contributed by atoms with Crippen molar-refractivity contribution in [2.24, 2.45) is 0 Å². The minimum Gasteiger partial charge on any atom is -0.545 e. The molecule has 0 saturated heterocycles. The Bertz CT molecular complexity index is 2320. The van der Waals surface area contributed by atoms with Crippen molar-refractivity contribution in [3.05, 3.63) is 207 Å². The van der Waals surface area contributed by atoms with E-state index in [9.17, 15) is 19.5 Å². The third-order valence-corrected chi connectivity index (χ3v) is 15.0. The van der Waals surface area contributed by atoms with Gasteiger partial charge in [-0.1, -0.05) is 304 Å². The lowest BCUT2D eigenvalue weighted by molar-refractivity contribution is -0.870. The monoisotopic (exact) mass is 1310 g/mol. The number of carboxylic acids is 1. The highest BCUT2D eigenvalue weighted by atomic mass is 16.7. The Morgan fingerprint density at radius 2 is 0.568 bits per heavy atom. The van der Waals surface area contributed by atoms with Crippen LogP contribution in [0.25, 0.3) is 0 Å². The quantitative estimate of drug-likeness (QED) is 0.0195. The van der Waals surface area contributed by atoms with Crippen LogP contribution in [0.2, 0.25) is 0 Å². The van der Waals surface area contributed by atoms with Crippen molar-refractivity contribution in [1.29, 1.82) is 0 Å². The first-order valence-corrected chi connectivity index (χ1v) is 37.2. The van der Waals surface area contributed by atoms with Crippen molar-refractivity contribution in [1.82, 2.24) is 0 Å². The normalized spacial score (nSPS) is 13.9. The van der Waals surface area contributed by atoms with Gasteiger partial charge in [-0.15, -0.1) is 0 Å². The van der Waals surface area contributed by atoms with E-state index < -0.39 is 24.3 Å². The summed E-state index contributed by atoms with van der Waals surface area (Å²) in [6.07, 6.45) is 112. The number of ether oxygens (including phenoxy) is 4. The number of hydrogen-bond donors (Lipinski definition) is 0. The SMILES string of the molecule is CC/C=C\C/C=C\C/C=C\C/C=C\C/C=C\C/C=C\C/C=C\C/C=C\C/C=C\CCCCCCCCCCCCCC(=O)OC(COC(=O)CCCCCCCC/C=C\C/C=C\C/C=C\C/C=C\C/C=C\C/C=C\C/C=C\C/C=C\CC)COC(OCC[N+](C)(C)C)C(=O)[O-]. The third kappa shape index (κ3) is 75.1. The molecule has 9 nitrogen and oxygen atoms in total. The second kappa shape index (κ2) is 73.7. The Morgan fingerprint density at radius 1 is 0.316 bits per heavy atom. The topological polar surface area (TPSA) is 111 Å². The molecule has 0 radical (unpaired) electrons. The average molecular weight is 1310 g/mol. The maximum Gasteiger partial charge on any atom is 0.306 e. The number of carboxylic acid groups (broad SMARTS) is 1. The number of nitrogens with zero attached hydrogens (tertiary/aromatic N) is 1. The lowest BCUT2D eigenvalue weighted by atomic mass is 10.0. The molecular weight excluding hydrogens is 1170 g/mol. The number of likely N-dealkylation sites (N-methyl/N-ethyl adjacent to an activating group) is 1. The molecule has 0 aliphatic heterocycles. The van der Waals surface area contributed by atoms with E-state index in [2.05, 4.69) is 220 Å². The van der Waals surface area contributed by atoms with Crippen LogP contribution in [0.3, 0.4) is 0 Å². The predicted molar refractivity (Wildman–Crippen MR) is 407 cm³/mol. The Hall–Kier alpha value is -6.13. The molecule has 0 amide bonds. The van der Waals surface area contributed by atoms with Gasteiger partial charge in [0.2, 0.25) is 0 Å². The molecule has 532 valence electrons. The van der Waals surface area contributed by atoms with E-state index in [0.717, 1.165) is 173 Å². The van der Waals surface area contributed by atoms with E-state index >= 15 is 0 Å². The van der Waals surface area contributed by atoms with Crippen LogP contribution >= 0.6 is 0 Å². The molecule has 0 aromatic heterocycles. The zero-order valence-corrected chi connectivity index (χ0v) is 60.7. The predicted octanol–water partition coefficient (Wildman–Crippen LogP) is 22.6. The molecule has 0 rings (SSSR count).